The standard InChI is InChI=1S/C11H19N3/c1-2-9-10(13-14-11(9)12)8-6-4-3-5-7-8/h8H,2-7H2,1H3,(H3,12,13,14). The Bertz CT molecular complexity index is 297. The lowest BCUT2D eigenvalue weighted by molar-refractivity contribution is 0.434. The topological polar surface area (TPSA) is 54.7 Å². The molecule has 0 saturated heterocycles. The van der Waals surface area contributed by atoms with Crippen molar-refractivity contribution < 1.29 is 0 Å². The number of nitrogens with one attached hydrogen (secondary N) is 1. The number of nitrogen functional groups attached to an aromatic ring is 1. The van der Waals surface area contributed by atoms with Gasteiger partial charge in [-0.3, -0.25) is 5.10 Å². The fourth-order valence-electron chi connectivity index (χ4n) is 2.49. The Morgan fingerprint density at radius 3 is 2.71 bits per heavy atom. The van der Waals surface area contributed by atoms with Crippen LogP contribution in [-0.4, -0.2) is 10.2 Å². The van der Waals surface area contributed by atoms with E-state index in [4.69, 9.17) is 5.73 Å². The predicted molar refractivity (Wildman–Crippen MR) is 58.2 cm³/mol. The van der Waals surface area contributed by atoms with E-state index in [0.717, 1.165) is 6.42 Å². The first-order valence-electron chi connectivity index (χ1n) is 5.65. The summed E-state index contributed by atoms with van der Waals surface area (Å²) in [7, 11) is 0. The summed E-state index contributed by atoms with van der Waals surface area (Å²) in [5.74, 6) is 1.39. The van der Waals surface area contributed by atoms with Gasteiger partial charge in [0.1, 0.15) is 5.82 Å². The average Bonchev–Trinajstić information content (AvgIpc) is 2.61. The summed E-state index contributed by atoms with van der Waals surface area (Å²) in [5, 5.41) is 7.24. The molecule has 78 valence electrons. The van der Waals surface area contributed by atoms with Gasteiger partial charge in [0, 0.05) is 17.2 Å². The molecule has 1 saturated carbocycles. The van der Waals surface area contributed by atoms with Gasteiger partial charge in [0.2, 0.25) is 0 Å². The number of anilines is 1. The Morgan fingerprint density at radius 2 is 2.07 bits per heavy atom. The molecule has 14 heavy (non-hydrogen) atoms. The van der Waals surface area contributed by atoms with Crippen molar-refractivity contribution in [2.24, 2.45) is 0 Å². The first kappa shape index (κ1) is 9.56. The molecule has 1 aliphatic carbocycles. The second-order valence-electron chi connectivity index (χ2n) is 4.19. The van der Waals surface area contributed by atoms with Crippen molar-refractivity contribution in [2.45, 2.75) is 51.4 Å². The van der Waals surface area contributed by atoms with Gasteiger partial charge in [-0.2, -0.15) is 5.10 Å². The maximum atomic E-state index is 5.82. The van der Waals surface area contributed by atoms with Crippen molar-refractivity contribution in [3.63, 3.8) is 0 Å². The van der Waals surface area contributed by atoms with Gasteiger partial charge in [-0.05, 0) is 19.3 Å². The van der Waals surface area contributed by atoms with Crippen LogP contribution in [-0.2, 0) is 6.42 Å². The Kier molecular flexibility index (Phi) is 2.75. The summed E-state index contributed by atoms with van der Waals surface area (Å²) in [6, 6.07) is 0. The van der Waals surface area contributed by atoms with E-state index in [9.17, 15) is 0 Å². The maximum absolute atomic E-state index is 5.82. The minimum absolute atomic E-state index is 0.684. The molecule has 0 radical (unpaired) electrons. The van der Waals surface area contributed by atoms with Gasteiger partial charge in [-0.25, -0.2) is 0 Å². The highest BCUT2D eigenvalue weighted by Crippen LogP contribution is 2.34. The number of hydrogen-bond donors (Lipinski definition) is 2. The second kappa shape index (κ2) is 4.03. The molecule has 0 unspecified atom stereocenters. The summed E-state index contributed by atoms with van der Waals surface area (Å²) >= 11 is 0. The number of H-pyrrole nitrogens is 1. The highest BCUT2D eigenvalue weighted by atomic mass is 15.2. The largest absolute Gasteiger partial charge is 0.382 e. The molecule has 1 aliphatic rings. The van der Waals surface area contributed by atoms with Crippen LogP contribution >= 0.6 is 0 Å². The van der Waals surface area contributed by atoms with Crippen molar-refractivity contribution >= 4 is 5.82 Å². The molecule has 1 aromatic rings. The number of aromatic amines is 1. The summed E-state index contributed by atoms with van der Waals surface area (Å²) in [5.41, 5.74) is 8.37. The summed E-state index contributed by atoms with van der Waals surface area (Å²) in [4.78, 5) is 0. The highest BCUT2D eigenvalue weighted by molar-refractivity contribution is 5.43. The fraction of sp³-hybridized carbons (Fsp3) is 0.727. The predicted octanol–water partition coefficient (Wildman–Crippen LogP) is 2.60. The third-order valence-corrected chi connectivity index (χ3v) is 3.30. The zero-order valence-electron chi connectivity index (χ0n) is 8.84. The number of nitrogens with two attached hydrogens (primary N) is 1. The molecular weight excluding hydrogens is 174 g/mol. The van der Waals surface area contributed by atoms with E-state index in [1.54, 1.807) is 0 Å². The van der Waals surface area contributed by atoms with E-state index < -0.39 is 0 Å². The molecule has 1 aromatic heterocycles. The van der Waals surface area contributed by atoms with Gasteiger partial charge < -0.3 is 5.73 Å². The molecular formula is C11H19N3. The van der Waals surface area contributed by atoms with Crippen LogP contribution in [0, 0.1) is 0 Å². The Labute approximate surface area is 85.1 Å². The van der Waals surface area contributed by atoms with Gasteiger partial charge >= 0.3 is 0 Å². The molecule has 3 heteroatoms. The van der Waals surface area contributed by atoms with Gasteiger partial charge in [0.25, 0.3) is 0 Å². The van der Waals surface area contributed by atoms with Crippen molar-refractivity contribution in [3.8, 4) is 0 Å². The van der Waals surface area contributed by atoms with E-state index >= 15 is 0 Å². The SMILES string of the molecule is CCc1c(N)n[nH]c1C1CCCCC1. The van der Waals surface area contributed by atoms with E-state index in [0.29, 0.717) is 11.7 Å². The number of hydrogen-bond acceptors (Lipinski definition) is 2. The molecule has 3 nitrogen and oxygen atoms in total. The number of aromatic nitrogens is 2. The number of rotatable bonds is 2. The quantitative estimate of drug-likeness (QED) is 0.758. The van der Waals surface area contributed by atoms with E-state index in [2.05, 4.69) is 17.1 Å². The molecule has 0 aromatic carbocycles. The van der Waals surface area contributed by atoms with Crippen LogP contribution in [0.5, 0.6) is 0 Å². The highest BCUT2D eigenvalue weighted by Gasteiger charge is 2.21. The van der Waals surface area contributed by atoms with E-state index in [-0.39, 0.29) is 0 Å². The van der Waals surface area contributed by atoms with E-state index in [1.807, 2.05) is 0 Å². The van der Waals surface area contributed by atoms with Crippen LogP contribution in [0.15, 0.2) is 0 Å². The monoisotopic (exact) mass is 193 g/mol. The Hall–Kier alpha value is -0.990. The lowest BCUT2D eigenvalue weighted by Gasteiger charge is -2.21. The van der Waals surface area contributed by atoms with Crippen LogP contribution in [0.25, 0.3) is 0 Å². The Balaban J connectivity index is 2.21. The van der Waals surface area contributed by atoms with Crippen LogP contribution in [0.3, 0.4) is 0 Å². The third kappa shape index (κ3) is 1.63. The van der Waals surface area contributed by atoms with Gasteiger partial charge in [-0.1, -0.05) is 26.2 Å². The van der Waals surface area contributed by atoms with Crippen molar-refractivity contribution in [3.05, 3.63) is 11.3 Å². The van der Waals surface area contributed by atoms with Crippen LogP contribution in [0.1, 0.15) is 56.2 Å². The average molecular weight is 193 g/mol. The fourth-order valence-corrected chi connectivity index (χ4v) is 2.49. The molecule has 0 atom stereocenters. The first-order valence-corrected chi connectivity index (χ1v) is 5.65. The normalized spacial score (nSPS) is 18.6. The van der Waals surface area contributed by atoms with Crippen molar-refractivity contribution in [2.75, 3.05) is 5.73 Å². The van der Waals surface area contributed by atoms with Crippen molar-refractivity contribution in [1.82, 2.24) is 10.2 Å². The molecule has 2 rings (SSSR count). The second-order valence-corrected chi connectivity index (χ2v) is 4.19. The van der Waals surface area contributed by atoms with Crippen LogP contribution < -0.4 is 5.73 Å². The molecule has 0 bridgehead atoms. The number of nitrogens with zero attached hydrogens (tertiary/aromatic N) is 1. The zero-order valence-corrected chi connectivity index (χ0v) is 8.84. The van der Waals surface area contributed by atoms with Gasteiger partial charge in [-0.15, -0.1) is 0 Å². The van der Waals surface area contributed by atoms with Crippen LogP contribution in [0.4, 0.5) is 5.82 Å². The zero-order chi connectivity index (χ0) is 9.97. The van der Waals surface area contributed by atoms with Gasteiger partial charge in [0.05, 0.1) is 0 Å². The molecule has 1 fully saturated rings. The molecule has 0 spiro atoms. The molecule has 0 aliphatic heterocycles. The smallest absolute Gasteiger partial charge is 0.148 e. The molecule has 0 amide bonds. The summed E-state index contributed by atoms with van der Waals surface area (Å²) in [6.07, 6.45) is 7.69. The molecule has 3 N–H and O–H groups in total. The van der Waals surface area contributed by atoms with E-state index in [1.165, 1.54) is 43.4 Å². The summed E-state index contributed by atoms with van der Waals surface area (Å²) < 4.78 is 0. The maximum Gasteiger partial charge on any atom is 0.148 e. The third-order valence-electron chi connectivity index (χ3n) is 3.30. The summed E-state index contributed by atoms with van der Waals surface area (Å²) in [6.45, 7) is 2.15. The minimum Gasteiger partial charge on any atom is -0.382 e. The lowest BCUT2D eigenvalue weighted by Crippen LogP contribution is -2.07. The first-order chi connectivity index (χ1) is 6.83. The minimum atomic E-state index is 0.684. The van der Waals surface area contributed by atoms with Crippen molar-refractivity contribution in [1.29, 1.82) is 0 Å². The van der Waals surface area contributed by atoms with Gasteiger partial charge in [0.15, 0.2) is 0 Å². The molecule has 1 heterocycles. The van der Waals surface area contributed by atoms with Crippen LogP contribution in [0.2, 0.25) is 0 Å². The lowest BCUT2D eigenvalue weighted by atomic mass is 9.85. The Morgan fingerprint density at radius 1 is 1.36 bits per heavy atom.